The van der Waals surface area contributed by atoms with Crippen LogP contribution in [0.1, 0.15) is 58.3 Å². The molecule has 3 nitrogen and oxygen atoms in total. The van der Waals surface area contributed by atoms with Gasteiger partial charge in [-0.05, 0) is 38.5 Å². The van der Waals surface area contributed by atoms with Gasteiger partial charge in [-0.1, -0.05) is 25.7 Å². The number of hydrogen-bond acceptors (Lipinski definition) is 3. The summed E-state index contributed by atoms with van der Waals surface area (Å²) in [5.74, 6) is 0.848. The maximum absolute atomic E-state index is 11.8. The minimum Gasteiger partial charge on any atom is -0.383 e. The Morgan fingerprint density at radius 1 is 1.25 bits per heavy atom. The van der Waals surface area contributed by atoms with E-state index in [2.05, 4.69) is 11.8 Å². The summed E-state index contributed by atoms with van der Waals surface area (Å²) in [7, 11) is 1.76. The normalized spacial score (nSPS) is 24.4. The van der Waals surface area contributed by atoms with Crippen molar-refractivity contribution in [2.75, 3.05) is 26.8 Å². The van der Waals surface area contributed by atoms with Crippen LogP contribution >= 0.6 is 0 Å². The maximum atomic E-state index is 11.8. The smallest absolute Gasteiger partial charge is 0.127 e. The largest absolute Gasteiger partial charge is 0.383 e. The van der Waals surface area contributed by atoms with Crippen LogP contribution in [0.2, 0.25) is 0 Å². The number of ether oxygens (including phenoxy) is 1. The molecule has 2 aliphatic carbocycles. The Hall–Kier alpha value is -0.410. The van der Waals surface area contributed by atoms with Crippen LogP contribution in [-0.2, 0) is 9.53 Å². The average molecular weight is 281 g/mol. The van der Waals surface area contributed by atoms with Crippen molar-refractivity contribution in [1.29, 1.82) is 0 Å². The second-order valence-electron chi connectivity index (χ2n) is 6.94. The highest BCUT2D eigenvalue weighted by Gasteiger charge is 2.37. The molecule has 2 rings (SSSR count). The van der Waals surface area contributed by atoms with Crippen molar-refractivity contribution in [3.63, 3.8) is 0 Å². The van der Waals surface area contributed by atoms with Crippen LogP contribution in [0.15, 0.2) is 0 Å². The van der Waals surface area contributed by atoms with Gasteiger partial charge >= 0.3 is 0 Å². The van der Waals surface area contributed by atoms with Crippen molar-refractivity contribution < 1.29 is 9.53 Å². The molecule has 2 fully saturated rings. The summed E-state index contributed by atoms with van der Waals surface area (Å²) in [6.45, 7) is 5.01. The van der Waals surface area contributed by atoms with E-state index in [9.17, 15) is 4.79 Å². The highest BCUT2D eigenvalue weighted by molar-refractivity contribution is 5.59. The number of carbonyl (C=O) groups excluding carboxylic acids is 1. The monoisotopic (exact) mass is 281 g/mol. The van der Waals surface area contributed by atoms with E-state index in [1.54, 1.807) is 7.11 Å². The van der Waals surface area contributed by atoms with Crippen LogP contribution in [0, 0.1) is 11.3 Å². The lowest BCUT2D eigenvalue weighted by Crippen LogP contribution is -2.45. The highest BCUT2D eigenvalue weighted by atomic mass is 16.5. The molecule has 0 amide bonds. The summed E-state index contributed by atoms with van der Waals surface area (Å²) in [5.41, 5.74) is -0.0899. The van der Waals surface area contributed by atoms with E-state index in [4.69, 9.17) is 4.74 Å². The number of hydrogen-bond donors (Lipinski definition) is 0. The zero-order valence-corrected chi connectivity index (χ0v) is 13.3. The molecule has 116 valence electrons. The molecule has 0 aliphatic heterocycles. The van der Waals surface area contributed by atoms with Gasteiger partial charge in [0.05, 0.1) is 6.61 Å². The fourth-order valence-electron chi connectivity index (χ4n) is 3.66. The maximum Gasteiger partial charge on any atom is 0.127 e. The second-order valence-corrected chi connectivity index (χ2v) is 6.94. The van der Waals surface area contributed by atoms with Gasteiger partial charge in [0.15, 0.2) is 0 Å². The van der Waals surface area contributed by atoms with E-state index >= 15 is 0 Å². The number of aldehydes is 1. The quantitative estimate of drug-likeness (QED) is 0.505. The van der Waals surface area contributed by atoms with Crippen molar-refractivity contribution in [3.05, 3.63) is 0 Å². The summed E-state index contributed by atoms with van der Waals surface area (Å²) < 4.78 is 5.27. The zero-order valence-electron chi connectivity index (χ0n) is 13.3. The Kier molecular flexibility index (Phi) is 6.03. The third-order valence-electron chi connectivity index (χ3n) is 5.33. The molecule has 0 bridgehead atoms. The molecule has 0 saturated heterocycles. The molecule has 3 heteroatoms. The first kappa shape index (κ1) is 16.0. The minimum atomic E-state index is -0.0899. The molecule has 0 aromatic heterocycles. The standard InChI is InChI=1S/C17H31NO2/c1-15(16-7-8-16)18(11-12-20-2)13-17(14-19)9-5-3-4-6-10-17/h14-16H,3-13H2,1-2H3. The molecule has 0 N–H and O–H groups in total. The summed E-state index contributed by atoms with van der Waals surface area (Å²) >= 11 is 0. The molecule has 0 spiro atoms. The Morgan fingerprint density at radius 2 is 1.90 bits per heavy atom. The Morgan fingerprint density at radius 3 is 2.40 bits per heavy atom. The van der Waals surface area contributed by atoms with Crippen LogP contribution in [0.25, 0.3) is 0 Å². The Balaban J connectivity index is 2.00. The third kappa shape index (κ3) is 4.29. The molecule has 0 aromatic rings. The van der Waals surface area contributed by atoms with Crippen molar-refractivity contribution in [1.82, 2.24) is 4.90 Å². The van der Waals surface area contributed by atoms with Crippen LogP contribution in [-0.4, -0.2) is 44.0 Å². The first-order valence-corrected chi connectivity index (χ1v) is 8.40. The van der Waals surface area contributed by atoms with Gasteiger partial charge in [0, 0.05) is 31.7 Å². The highest BCUT2D eigenvalue weighted by Crippen LogP contribution is 2.39. The van der Waals surface area contributed by atoms with E-state index in [0.717, 1.165) is 38.5 Å². The van der Waals surface area contributed by atoms with Gasteiger partial charge in [-0.3, -0.25) is 4.90 Å². The van der Waals surface area contributed by atoms with Crippen molar-refractivity contribution in [2.45, 2.75) is 64.3 Å². The Labute approximate surface area is 124 Å². The van der Waals surface area contributed by atoms with Gasteiger partial charge in [0.1, 0.15) is 6.29 Å². The SMILES string of the molecule is COCCN(CC1(C=O)CCCCCC1)C(C)C1CC1. The lowest BCUT2D eigenvalue weighted by Gasteiger charge is -2.37. The van der Waals surface area contributed by atoms with Crippen molar-refractivity contribution in [3.8, 4) is 0 Å². The molecule has 1 unspecified atom stereocenters. The van der Waals surface area contributed by atoms with Gasteiger partial charge in [-0.25, -0.2) is 0 Å². The number of rotatable bonds is 8. The molecule has 2 saturated carbocycles. The van der Waals surface area contributed by atoms with Gasteiger partial charge < -0.3 is 9.53 Å². The molecule has 0 aromatic carbocycles. The lowest BCUT2D eigenvalue weighted by molar-refractivity contribution is -0.118. The van der Waals surface area contributed by atoms with Gasteiger partial charge in [0.25, 0.3) is 0 Å². The van der Waals surface area contributed by atoms with Crippen molar-refractivity contribution in [2.24, 2.45) is 11.3 Å². The number of methoxy groups -OCH3 is 1. The topological polar surface area (TPSA) is 29.5 Å². The second kappa shape index (κ2) is 7.56. The van der Waals surface area contributed by atoms with Crippen LogP contribution in [0.5, 0.6) is 0 Å². The van der Waals surface area contributed by atoms with Crippen LogP contribution in [0.3, 0.4) is 0 Å². The van der Waals surface area contributed by atoms with E-state index in [0.29, 0.717) is 6.04 Å². The number of carbonyl (C=O) groups is 1. The molecular weight excluding hydrogens is 250 g/mol. The average Bonchev–Trinajstić information content (AvgIpc) is 3.30. The van der Waals surface area contributed by atoms with E-state index < -0.39 is 0 Å². The minimum absolute atomic E-state index is 0.0899. The molecule has 0 radical (unpaired) electrons. The fourth-order valence-corrected chi connectivity index (χ4v) is 3.66. The summed E-state index contributed by atoms with van der Waals surface area (Å²) in [4.78, 5) is 14.3. The fraction of sp³-hybridized carbons (Fsp3) is 0.941. The van der Waals surface area contributed by atoms with Gasteiger partial charge in [-0.2, -0.15) is 0 Å². The van der Waals surface area contributed by atoms with Crippen molar-refractivity contribution >= 4 is 6.29 Å². The number of nitrogens with zero attached hydrogens (tertiary/aromatic N) is 1. The first-order chi connectivity index (χ1) is 9.71. The Bertz CT molecular complexity index is 293. The van der Waals surface area contributed by atoms with Gasteiger partial charge in [0.2, 0.25) is 0 Å². The molecule has 20 heavy (non-hydrogen) atoms. The molecular formula is C17H31NO2. The zero-order chi connectivity index (χ0) is 14.4. The predicted molar refractivity (Wildman–Crippen MR) is 81.8 cm³/mol. The van der Waals surface area contributed by atoms with E-state index in [-0.39, 0.29) is 5.41 Å². The summed E-state index contributed by atoms with van der Waals surface area (Å²) in [6.07, 6.45) is 11.2. The van der Waals surface area contributed by atoms with E-state index in [1.165, 1.54) is 44.8 Å². The third-order valence-corrected chi connectivity index (χ3v) is 5.33. The van der Waals surface area contributed by atoms with Crippen LogP contribution < -0.4 is 0 Å². The van der Waals surface area contributed by atoms with Crippen LogP contribution in [0.4, 0.5) is 0 Å². The molecule has 2 aliphatic rings. The molecule has 0 heterocycles. The van der Waals surface area contributed by atoms with Gasteiger partial charge in [-0.15, -0.1) is 0 Å². The summed E-state index contributed by atoms with van der Waals surface area (Å²) in [6, 6.07) is 0.602. The van der Waals surface area contributed by atoms with E-state index in [1.807, 2.05) is 0 Å². The molecule has 1 atom stereocenters. The first-order valence-electron chi connectivity index (χ1n) is 8.40. The summed E-state index contributed by atoms with van der Waals surface area (Å²) in [5, 5.41) is 0. The lowest BCUT2D eigenvalue weighted by atomic mass is 9.81. The predicted octanol–water partition coefficient (Wildman–Crippen LogP) is 3.27.